The van der Waals surface area contributed by atoms with Crippen LogP contribution in [-0.4, -0.2) is 24.9 Å². The summed E-state index contributed by atoms with van der Waals surface area (Å²) in [5.74, 6) is 1.70. The van der Waals surface area contributed by atoms with Gasteiger partial charge in [0.25, 0.3) is 5.91 Å². The summed E-state index contributed by atoms with van der Waals surface area (Å²) in [6.45, 7) is 6.11. The van der Waals surface area contributed by atoms with E-state index in [0.717, 1.165) is 12.0 Å². The van der Waals surface area contributed by atoms with Crippen molar-refractivity contribution in [2.45, 2.75) is 58.5 Å². The van der Waals surface area contributed by atoms with Crippen molar-refractivity contribution in [1.29, 1.82) is 0 Å². The van der Waals surface area contributed by atoms with Crippen LogP contribution in [0, 0.1) is 0 Å². The van der Waals surface area contributed by atoms with E-state index in [1.807, 2.05) is 36.4 Å². The fourth-order valence-corrected chi connectivity index (χ4v) is 3.38. The highest BCUT2D eigenvalue weighted by molar-refractivity contribution is 5.94. The van der Waals surface area contributed by atoms with Crippen LogP contribution >= 0.6 is 0 Å². The van der Waals surface area contributed by atoms with Gasteiger partial charge in [0, 0.05) is 5.69 Å². The molecule has 2 aromatic carbocycles. The largest absolute Gasteiger partial charge is 0.485 e. The number of aldehydes is 1. The maximum Gasteiger partial charge on any atom is 0.269 e. The zero-order chi connectivity index (χ0) is 21.1. The molecule has 0 spiro atoms. The number of hydrogen-bond donors (Lipinski definition) is 1. The summed E-state index contributed by atoms with van der Waals surface area (Å²) in [6.07, 6.45) is 4.88. The van der Waals surface area contributed by atoms with Crippen molar-refractivity contribution in [1.82, 2.24) is 0 Å². The maximum atomic E-state index is 12.5. The van der Waals surface area contributed by atoms with Crippen molar-refractivity contribution in [3.8, 4) is 11.5 Å². The number of ether oxygens (including phenoxy) is 2. The molecule has 1 atom stereocenters. The SMILES string of the molecule is CC=O.CCCC(CCC)c1ccc(NC(=O)C2COc3ccccc3O2)cc1. The van der Waals surface area contributed by atoms with Gasteiger partial charge >= 0.3 is 0 Å². The Morgan fingerprint density at radius 3 is 2.24 bits per heavy atom. The van der Waals surface area contributed by atoms with Crippen LogP contribution in [0.1, 0.15) is 57.9 Å². The van der Waals surface area contributed by atoms with Crippen LogP contribution in [0.15, 0.2) is 48.5 Å². The lowest BCUT2D eigenvalue weighted by Gasteiger charge is -2.25. The molecule has 0 saturated heterocycles. The Labute approximate surface area is 173 Å². The summed E-state index contributed by atoms with van der Waals surface area (Å²) < 4.78 is 11.4. The molecule has 0 aromatic heterocycles. The molecule has 0 fully saturated rings. The average molecular weight is 398 g/mol. The molecule has 2 aromatic rings. The Bertz CT molecular complexity index is 767. The van der Waals surface area contributed by atoms with E-state index in [0.29, 0.717) is 17.4 Å². The lowest BCUT2D eigenvalue weighted by molar-refractivity contribution is -0.125. The summed E-state index contributed by atoms with van der Waals surface area (Å²) in [6, 6.07) is 15.6. The monoisotopic (exact) mass is 397 g/mol. The van der Waals surface area contributed by atoms with E-state index < -0.39 is 6.10 Å². The Balaban J connectivity index is 0.000000941. The lowest BCUT2D eigenvalue weighted by Crippen LogP contribution is -2.40. The minimum Gasteiger partial charge on any atom is -0.485 e. The lowest BCUT2D eigenvalue weighted by atomic mass is 9.90. The standard InChI is InChI=1S/C22H27NO3.C2H4O/c1-3-7-16(8-4-2)17-11-13-18(14-12-17)23-22(24)21-15-25-19-9-5-6-10-20(19)26-21;1-2-3/h5-6,9-14,16,21H,3-4,7-8,15H2,1-2H3,(H,23,24);2H,1H3. The third kappa shape index (κ3) is 6.63. The maximum absolute atomic E-state index is 12.5. The van der Waals surface area contributed by atoms with Gasteiger partial charge in [-0.3, -0.25) is 4.79 Å². The highest BCUT2D eigenvalue weighted by Crippen LogP contribution is 2.31. The number of fused-ring (bicyclic) bond motifs is 1. The summed E-state index contributed by atoms with van der Waals surface area (Å²) in [7, 11) is 0. The van der Waals surface area contributed by atoms with Gasteiger partial charge < -0.3 is 19.6 Å². The molecule has 0 bridgehead atoms. The molecule has 156 valence electrons. The van der Waals surface area contributed by atoms with E-state index >= 15 is 0 Å². The number of amides is 1. The van der Waals surface area contributed by atoms with Gasteiger partial charge in [0.05, 0.1) is 0 Å². The fraction of sp³-hybridized carbons (Fsp3) is 0.417. The van der Waals surface area contributed by atoms with Gasteiger partial charge in [-0.25, -0.2) is 0 Å². The molecule has 0 saturated carbocycles. The zero-order valence-electron chi connectivity index (χ0n) is 17.5. The average Bonchev–Trinajstić information content (AvgIpc) is 2.74. The van der Waals surface area contributed by atoms with Crippen LogP contribution in [0.2, 0.25) is 0 Å². The van der Waals surface area contributed by atoms with Gasteiger partial charge in [-0.05, 0) is 55.5 Å². The van der Waals surface area contributed by atoms with E-state index in [9.17, 15) is 4.79 Å². The van der Waals surface area contributed by atoms with Crippen LogP contribution in [0.3, 0.4) is 0 Å². The minimum absolute atomic E-state index is 0.189. The van der Waals surface area contributed by atoms with E-state index in [4.69, 9.17) is 14.3 Å². The van der Waals surface area contributed by atoms with Gasteiger partial charge in [0.15, 0.2) is 11.5 Å². The van der Waals surface area contributed by atoms with Gasteiger partial charge in [-0.15, -0.1) is 0 Å². The highest BCUT2D eigenvalue weighted by Gasteiger charge is 2.27. The Kier molecular flexibility index (Phi) is 9.22. The van der Waals surface area contributed by atoms with Crippen LogP contribution < -0.4 is 14.8 Å². The molecule has 1 unspecified atom stereocenters. The molecule has 5 nitrogen and oxygen atoms in total. The first kappa shape index (κ1) is 22.5. The summed E-state index contributed by atoms with van der Waals surface area (Å²) in [5, 5.41) is 2.93. The molecule has 0 aliphatic carbocycles. The van der Waals surface area contributed by atoms with Crippen molar-refractivity contribution in [2.75, 3.05) is 11.9 Å². The predicted octanol–water partition coefficient (Wildman–Crippen LogP) is 5.35. The van der Waals surface area contributed by atoms with Crippen LogP contribution in [-0.2, 0) is 9.59 Å². The third-order valence-electron chi connectivity index (χ3n) is 4.72. The topological polar surface area (TPSA) is 64.6 Å². The first-order valence-electron chi connectivity index (χ1n) is 10.3. The number of rotatable bonds is 7. The van der Waals surface area contributed by atoms with E-state index in [1.54, 1.807) is 0 Å². The number of carbonyl (C=O) groups excluding carboxylic acids is 2. The molecule has 29 heavy (non-hydrogen) atoms. The van der Waals surface area contributed by atoms with Crippen LogP contribution in [0.25, 0.3) is 0 Å². The molecule has 1 amide bonds. The van der Waals surface area contributed by atoms with Gasteiger partial charge in [0.2, 0.25) is 6.10 Å². The quantitative estimate of drug-likeness (QED) is 0.639. The molecule has 1 heterocycles. The number of anilines is 1. The molecule has 1 N–H and O–H groups in total. The van der Waals surface area contributed by atoms with Gasteiger partial charge in [0.1, 0.15) is 12.9 Å². The van der Waals surface area contributed by atoms with Crippen molar-refractivity contribution in [2.24, 2.45) is 0 Å². The molecule has 3 rings (SSSR count). The number of benzene rings is 2. The highest BCUT2D eigenvalue weighted by atomic mass is 16.6. The zero-order valence-corrected chi connectivity index (χ0v) is 17.5. The third-order valence-corrected chi connectivity index (χ3v) is 4.72. The Morgan fingerprint density at radius 2 is 1.66 bits per heavy atom. The second kappa shape index (κ2) is 11.9. The number of para-hydroxylation sites is 2. The Morgan fingerprint density at radius 1 is 1.07 bits per heavy atom. The normalized spacial score (nSPS) is 14.6. The molecular formula is C24H31NO4. The first-order chi connectivity index (χ1) is 14.1. The fourth-order valence-electron chi connectivity index (χ4n) is 3.38. The molecule has 1 aliphatic heterocycles. The first-order valence-corrected chi connectivity index (χ1v) is 10.3. The van der Waals surface area contributed by atoms with Crippen molar-refractivity contribution in [3.63, 3.8) is 0 Å². The summed E-state index contributed by atoms with van der Waals surface area (Å²) >= 11 is 0. The van der Waals surface area contributed by atoms with Crippen LogP contribution in [0.4, 0.5) is 5.69 Å². The Hall–Kier alpha value is -2.82. The molecule has 1 aliphatic rings. The molecule has 0 radical (unpaired) electrons. The summed E-state index contributed by atoms with van der Waals surface area (Å²) in [4.78, 5) is 21.3. The smallest absolute Gasteiger partial charge is 0.269 e. The second-order valence-electron chi connectivity index (χ2n) is 6.99. The van der Waals surface area contributed by atoms with Gasteiger partial charge in [-0.1, -0.05) is 51.0 Å². The number of carbonyl (C=O) groups is 2. The summed E-state index contributed by atoms with van der Waals surface area (Å²) in [5.41, 5.74) is 2.13. The second-order valence-corrected chi connectivity index (χ2v) is 6.99. The van der Waals surface area contributed by atoms with E-state index in [2.05, 4.69) is 31.3 Å². The van der Waals surface area contributed by atoms with Crippen molar-refractivity contribution < 1.29 is 19.1 Å². The van der Waals surface area contributed by atoms with Crippen molar-refractivity contribution >= 4 is 17.9 Å². The van der Waals surface area contributed by atoms with Gasteiger partial charge in [-0.2, -0.15) is 0 Å². The number of hydrogen-bond acceptors (Lipinski definition) is 4. The van der Waals surface area contributed by atoms with E-state index in [1.165, 1.54) is 38.2 Å². The van der Waals surface area contributed by atoms with Crippen molar-refractivity contribution in [3.05, 3.63) is 54.1 Å². The van der Waals surface area contributed by atoms with Crippen LogP contribution in [0.5, 0.6) is 11.5 Å². The predicted molar refractivity (Wildman–Crippen MR) is 116 cm³/mol. The minimum atomic E-state index is -0.641. The number of nitrogens with one attached hydrogen (secondary N) is 1. The molecule has 5 heteroatoms. The molecular weight excluding hydrogens is 366 g/mol. The van der Waals surface area contributed by atoms with E-state index in [-0.39, 0.29) is 12.5 Å².